The summed E-state index contributed by atoms with van der Waals surface area (Å²) in [7, 11) is -1.61. The predicted molar refractivity (Wildman–Crippen MR) is 71.9 cm³/mol. The first kappa shape index (κ1) is 15.2. The zero-order chi connectivity index (χ0) is 12.3. The van der Waals surface area contributed by atoms with Gasteiger partial charge in [0.25, 0.3) is 0 Å². The molecule has 0 fully saturated rings. The lowest BCUT2D eigenvalue weighted by Crippen LogP contribution is -2.49. The highest BCUT2D eigenvalue weighted by Gasteiger charge is 2.44. The Kier molecular flexibility index (Phi) is 5.06. The molecule has 0 spiro atoms. The van der Waals surface area contributed by atoms with Gasteiger partial charge in [-0.25, -0.2) is 0 Å². The molecule has 1 nitrogen and oxygen atoms in total. The van der Waals surface area contributed by atoms with Gasteiger partial charge in [0, 0.05) is 0 Å². The molecule has 0 atom stereocenters. The molecule has 15 heavy (non-hydrogen) atoms. The minimum Gasteiger partial charge on any atom is -0.412 e. The third kappa shape index (κ3) is 3.60. The second kappa shape index (κ2) is 5.01. The molecule has 0 saturated carbocycles. The Hall–Kier alpha value is 0.177. The quantitative estimate of drug-likeness (QED) is 0.585. The van der Waals surface area contributed by atoms with Crippen LogP contribution in [0.15, 0.2) is 0 Å². The summed E-state index contributed by atoms with van der Waals surface area (Å²) < 4.78 is 6.46. The molecule has 0 aromatic carbocycles. The van der Waals surface area contributed by atoms with E-state index in [0.29, 0.717) is 5.04 Å². The molecule has 0 aliphatic carbocycles. The van der Waals surface area contributed by atoms with Crippen molar-refractivity contribution in [1.29, 1.82) is 0 Å². The van der Waals surface area contributed by atoms with E-state index in [4.69, 9.17) is 4.43 Å². The van der Waals surface area contributed by atoms with Crippen LogP contribution in [0.5, 0.6) is 0 Å². The predicted octanol–water partition coefficient (Wildman–Crippen LogP) is 4.98. The fraction of sp³-hybridized carbons (Fsp3) is 1.00. The van der Waals surface area contributed by atoms with Crippen molar-refractivity contribution in [3.63, 3.8) is 0 Å². The number of rotatable bonds is 6. The van der Waals surface area contributed by atoms with E-state index in [0.717, 1.165) is 6.42 Å². The molecule has 0 unspecified atom stereocenters. The molecule has 0 heterocycles. The highest BCUT2D eigenvalue weighted by molar-refractivity contribution is 6.74. The maximum atomic E-state index is 6.46. The van der Waals surface area contributed by atoms with Crippen molar-refractivity contribution >= 4 is 8.32 Å². The van der Waals surface area contributed by atoms with E-state index >= 15 is 0 Å². The summed E-state index contributed by atoms with van der Waals surface area (Å²) in [5.41, 5.74) is 0.0430. The first-order valence-electron chi connectivity index (χ1n) is 6.34. The summed E-state index contributed by atoms with van der Waals surface area (Å²) >= 11 is 0. The summed E-state index contributed by atoms with van der Waals surface area (Å²) in [5, 5.41) is 0.402. The number of hydrogen-bond acceptors (Lipinski definition) is 1. The molecule has 0 radical (unpaired) electrons. The van der Waals surface area contributed by atoms with Gasteiger partial charge in [-0.3, -0.25) is 0 Å². The molecular formula is C13H30OSi. The van der Waals surface area contributed by atoms with Crippen molar-refractivity contribution in [2.45, 2.75) is 84.5 Å². The molecular weight excluding hydrogens is 200 g/mol. The Morgan fingerprint density at radius 1 is 0.867 bits per heavy atom. The summed E-state index contributed by atoms with van der Waals surface area (Å²) in [5.74, 6) is 0. The maximum Gasteiger partial charge on any atom is 0.193 e. The molecule has 0 saturated heterocycles. The van der Waals surface area contributed by atoms with Crippen molar-refractivity contribution in [3.8, 4) is 0 Å². The van der Waals surface area contributed by atoms with E-state index in [1.165, 1.54) is 12.8 Å². The van der Waals surface area contributed by atoms with Crippen LogP contribution in [0.4, 0.5) is 0 Å². The van der Waals surface area contributed by atoms with Gasteiger partial charge in [-0.1, -0.05) is 40.5 Å². The van der Waals surface area contributed by atoms with Crippen LogP contribution in [-0.4, -0.2) is 13.9 Å². The fourth-order valence-electron chi connectivity index (χ4n) is 1.99. The summed E-state index contributed by atoms with van der Waals surface area (Å²) in [4.78, 5) is 0. The SMILES string of the molecule is CCC(C)(C)O[Si](C)(C)C(C)(CC)CC. The lowest BCUT2D eigenvalue weighted by Gasteiger charge is -2.45. The molecule has 2 heteroatoms. The van der Waals surface area contributed by atoms with Gasteiger partial charge in [-0.2, -0.15) is 0 Å². The molecule has 0 aliphatic heterocycles. The standard InChI is InChI=1S/C13H30OSi/c1-9-12(4,5)14-15(7,8)13(6,10-2)11-3/h9-11H2,1-8H3. The molecule has 0 amide bonds. The maximum absolute atomic E-state index is 6.46. The Balaban J connectivity index is 4.81. The van der Waals surface area contributed by atoms with Gasteiger partial charge in [0.15, 0.2) is 8.32 Å². The van der Waals surface area contributed by atoms with E-state index in [1.54, 1.807) is 0 Å². The molecule has 0 N–H and O–H groups in total. The average Bonchev–Trinajstić information content (AvgIpc) is 2.14. The Morgan fingerprint density at radius 2 is 1.27 bits per heavy atom. The van der Waals surface area contributed by atoms with Crippen LogP contribution in [0.25, 0.3) is 0 Å². The molecule has 0 bridgehead atoms. The first-order valence-corrected chi connectivity index (χ1v) is 9.25. The van der Waals surface area contributed by atoms with Crippen LogP contribution in [0, 0.1) is 0 Å². The van der Waals surface area contributed by atoms with Crippen LogP contribution in [-0.2, 0) is 4.43 Å². The zero-order valence-corrected chi connectivity index (χ0v) is 13.0. The Bertz CT molecular complexity index is 193. The highest BCUT2D eigenvalue weighted by Crippen LogP contribution is 2.46. The Labute approximate surface area is 97.7 Å². The molecule has 0 aromatic rings. The fourth-order valence-corrected chi connectivity index (χ4v) is 5.46. The van der Waals surface area contributed by atoms with Crippen LogP contribution in [0.2, 0.25) is 18.1 Å². The van der Waals surface area contributed by atoms with E-state index in [2.05, 4.69) is 54.6 Å². The van der Waals surface area contributed by atoms with Gasteiger partial charge in [0.2, 0.25) is 0 Å². The molecule has 0 aromatic heterocycles. The van der Waals surface area contributed by atoms with Crippen LogP contribution < -0.4 is 0 Å². The normalized spacial score (nSPS) is 14.4. The highest BCUT2D eigenvalue weighted by atomic mass is 28.4. The lowest BCUT2D eigenvalue weighted by atomic mass is 10.1. The van der Waals surface area contributed by atoms with Crippen molar-refractivity contribution in [3.05, 3.63) is 0 Å². The monoisotopic (exact) mass is 230 g/mol. The van der Waals surface area contributed by atoms with Gasteiger partial charge >= 0.3 is 0 Å². The van der Waals surface area contributed by atoms with Crippen molar-refractivity contribution in [1.82, 2.24) is 0 Å². The van der Waals surface area contributed by atoms with Gasteiger partial charge in [-0.15, -0.1) is 0 Å². The van der Waals surface area contributed by atoms with Crippen LogP contribution >= 0.6 is 0 Å². The van der Waals surface area contributed by atoms with Crippen molar-refractivity contribution < 1.29 is 4.43 Å². The van der Waals surface area contributed by atoms with Crippen LogP contribution in [0.3, 0.4) is 0 Å². The van der Waals surface area contributed by atoms with E-state index in [-0.39, 0.29) is 5.60 Å². The summed E-state index contributed by atoms with van der Waals surface area (Å²) in [6.07, 6.45) is 3.54. The second-order valence-corrected chi connectivity index (χ2v) is 10.4. The van der Waals surface area contributed by atoms with Gasteiger partial charge in [0.05, 0.1) is 5.60 Å². The zero-order valence-electron chi connectivity index (χ0n) is 12.0. The Morgan fingerprint density at radius 3 is 1.53 bits per heavy atom. The van der Waals surface area contributed by atoms with Gasteiger partial charge in [-0.05, 0) is 38.4 Å². The molecule has 92 valence electrons. The molecule has 0 aliphatic rings. The summed E-state index contributed by atoms with van der Waals surface area (Å²) in [6.45, 7) is 18.4. The summed E-state index contributed by atoms with van der Waals surface area (Å²) in [6, 6.07) is 0. The second-order valence-electron chi connectivity index (χ2n) is 5.99. The minimum absolute atomic E-state index is 0.0430. The van der Waals surface area contributed by atoms with E-state index < -0.39 is 8.32 Å². The number of hydrogen-bond donors (Lipinski definition) is 0. The van der Waals surface area contributed by atoms with Gasteiger partial charge in [0.1, 0.15) is 0 Å². The average molecular weight is 230 g/mol. The minimum atomic E-state index is -1.61. The first-order chi connectivity index (χ1) is 6.64. The van der Waals surface area contributed by atoms with Crippen molar-refractivity contribution in [2.24, 2.45) is 0 Å². The lowest BCUT2D eigenvalue weighted by molar-refractivity contribution is 0.0847. The smallest absolute Gasteiger partial charge is 0.193 e. The largest absolute Gasteiger partial charge is 0.412 e. The van der Waals surface area contributed by atoms with E-state index in [9.17, 15) is 0 Å². The van der Waals surface area contributed by atoms with E-state index in [1.807, 2.05) is 0 Å². The third-order valence-electron chi connectivity index (χ3n) is 4.40. The third-order valence-corrected chi connectivity index (χ3v) is 9.07. The van der Waals surface area contributed by atoms with Crippen molar-refractivity contribution in [2.75, 3.05) is 0 Å². The van der Waals surface area contributed by atoms with Gasteiger partial charge < -0.3 is 4.43 Å². The molecule has 0 rings (SSSR count). The van der Waals surface area contributed by atoms with Crippen LogP contribution in [0.1, 0.15) is 60.8 Å². The topological polar surface area (TPSA) is 9.23 Å².